The highest BCUT2D eigenvalue weighted by Crippen LogP contribution is 2.14. The molecule has 0 aliphatic heterocycles. The molecule has 0 fully saturated rings. The molecular formula is C14H22N2O2. The van der Waals surface area contributed by atoms with Gasteiger partial charge in [-0.3, -0.25) is 4.79 Å². The van der Waals surface area contributed by atoms with Gasteiger partial charge in [0.1, 0.15) is 5.75 Å². The molecule has 100 valence electrons. The summed E-state index contributed by atoms with van der Waals surface area (Å²) in [6.07, 6.45) is 0.789. The first kappa shape index (κ1) is 14.5. The van der Waals surface area contributed by atoms with E-state index in [4.69, 9.17) is 5.73 Å². The van der Waals surface area contributed by atoms with Gasteiger partial charge in [0, 0.05) is 18.7 Å². The van der Waals surface area contributed by atoms with Crippen LogP contribution < -0.4 is 5.73 Å². The standard InChI is InChI=1S/C14H22N2O2/c1-11(2)10-16(8-4-7-15)14(18)12-5-3-6-13(17)9-12/h3,5-6,9,11,17H,4,7-8,10,15H2,1-2H3. The lowest BCUT2D eigenvalue weighted by molar-refractivity contribution is 0.0735. The number of phenols is 1. The summed E-state index contributed by atoms with van der Waals surface area (Å²) in [5, 5.41) is 9.41. The van der Waals surface area contributed by atoms with Gasteiger partial charge in [-0.05, 0) is 37.1 Å². The number of aromatic hydroxyl groups is 1. The Balaban J connectivity index is 2.80. The molecule has 0 unspecified atom stereocenters. The van der Waals surface area contributed by atoms with Crippen LogP contribution in [-0.2, 0) is 0 Å². The van der Waals surface area contributed by atoms with Crippen LogP contribution in [0.25, 0.3) is 0 Å². The Hall–Kier alpha value is -1.55. The minimum Gasteiger partial charge on any atom is -0.508 e. The molecule has 0 spiro atoms. The Morgan fingerprint density at radius 3 is 2.72 bits per heavy atom. The summed E-state index contributed by atoms with van der Waals surface area (Å²) < 4.78 is 0. The van der Waals surface area contributed by atoms with E-state index in [1.165, 1.54) is 6.07 Å². The molecule has 1 aromatic carbocycles. The summed E-state index contributed by atoms with van der Waals surface area (Å²) in [6.45, 7) is 6.08. The van der Waals surface area contributed by atoms with E-state index < -0.39 is 0 Å². The fraction of sp³-hybridized carbons (Fsp3) is 0.500. The molecule has 4 nitrogen and oxygen atoms in total. The smallest absolute Gasteiger partial charge is 0.253 e. The zero-order valence-electron chi connectivity index (χ0n) is 11.1. The molecule has 0 saturated heterocycles. The normalized spacial score (nSPS) is 10.7. The molecule has 0 bridgehead atoms. The van der Waals surface area contributed by atoms with Crippen molar-refractivity contribution in [1.82, 2.24) is 4.90 Å². The second-order valence-electron chi connectivity index (χ2n) is 4.84. The van der Waals surface area contributed by atoms with Gasteiger partial charge in [0.15, 0.2) is 0 Å². The number of amides is 1. The number of carbonyl (C=O) groups is 1. The summed E-state index contributed by atoms with van der Waals surface area (Å²) in [6, 6.07) is 6.46. The van der Waals surface area contributed by atoms with Gasteiger partial charge in [0.2, 0.25) is 0 Å². The van der Waals surface area contributed by atoms with E-state index in [-0.39, 0.29) is 11.7 Å². The highest BCUT2D eigenvalue weighted by Gasteiger charge is 2.16. The SMILES string of the molecule is CC(C)CN(CCCN)C(=O)c1cccc(O)c1. The molecule has 4 heteroatoms. The van der Waals surface area contributed by atoms with E-state index in [9.17, 15) is 9.90 Å². The molecule has 0 aromatic heterocycles. The maximum Gasteiger partial charge on any atom is 0.253 e. The molecule has 0 aliphatic carbocycles. The number of rotatable bonds is 6. The van der Waals surface area contributed by atoms with Gasteiger partial charge in [-0.25, -0.2) is 0 Å². The van der Waals surface area contributed by atoms with Gasteiger partial charge >= 0.3 is 0 Å². The highest BCUT2D eigenvalue weighted by molar-refractivity contribution is 5.94. The second kappa shape index (κ2) is 7.01. The molecular weight excluding hydrogens is 228 g/mol. The molecule has 1 aromatic rings. The average Bonchev–Trinajstić information content (AvgIpc) is 2.33. The molecule has 0 saturated carbocycles. The summed E-state index contributed by atoms with van der Waals surface area (Å²) in [5.41, 5.74) is 6.01. The first-order valence-corrected chi connectivity index (χ1v) is 6.33. The summed E-state index contributed by atoms with van der Waals surface area (Å²) in [7, 11) is 0. The van der Waals surface area contributed by atoms with Gasteiger partial charge < -0.3 is 15.7 Å². The predicted octanol–water partition coefficient (Wildman–Crippen LogP) is 1.84. The van der Waals surface area contributed by atoms with Crippen LogP contribution in [0.5, 0.6) is 5.75 Å². The van der Waals surface area contributed by atoms with Gasteiger partial charge in [0.05, 0.1) is 0 Å². The third-order valence-corrected chi connectivity index (χ3v) is 2.60. The van der Waals surface area contributed by atoms with Crippen molar-refractivity contribution in [1.29, 1.82) is 0 Å². The largest absolute Gasteiger partial charge is 0.508 e. The number of hydrogen-bond donors (Lipinski definition) is 2. The molecule has 3 N–H and O–H groups in total. The van der Waals surface area contributed by atoms with E-state index in [0.717, 1.165) is 6.42 Å². The van der Waals surface area contributed by atoms with Gasteiger partial charge in [-0.15, -0.1) is 0 Å². The number of nitrogens with two attached hydrogens (primary N) is 1. The topological polar surface area (TPSA) is 66.6 Å². The summed E-state index contributed by atoms with van der Waals surface area (Å²) in [4.78, 5) is 14.1. The highest BCUT2D eigenvalue weighted by atomic mass is 16.3. The van der Waals surface area contributed by atoms with Gasteiger partial charge in [-0.2, -0.15) is 0 Å². The number of hydrogen-bond acceptors (Lipinski definition) is 3. The number of benzene rings is 1. The van der Waals surface area contributed by atoms with Crippen molar-refractivity contribution in [3.05, 3.63) is 29.8 Å². The third kappa shape index (κ3) is 4.37. The number of phenolic OH excluding ortho intramolecular Hbond substituents is 1. The molecule has 0 aliphatic rings. The fourth-order valence-corrected chi connectivity index (χ4v) is 1.82. The summed E-state index contributed by atoms with van der Waals surface area (Å²) >= 11 is 0. The van der Waals surface area contributed by atoms with E-state index in [0.29, 0.717) is 31.1 Å². The van der Waals surface area contributed by atoms with Crippen molar-refractivity contribution in [2.75, 3.05) is 19.6 Å². The second-order valence-corrected chi connectivity index (χ2v) is 4.84. The first-order chi connectivity index (χ1) is 8.54. The maximum atomic E-state index is 12.3. The minimum absolute atomic E-state index is 0.0481. The van der Waals surface area contributed by atoms with Crippen LogP contribution in [0.15, 0.2) is 24.3 Å². The van der Waals surface area contributed by atoms with Crippen LogP contribution in [0.3, 0.4) is 0 Å². The Labute approximate surface area is 108 Å². The van der Waals surface area contributed by atoms with Crippen LogP contribution in [0, 0.1) is 5.92 Å². The van der Waals surface area contributed by atoms with Crippen LogP contribution in [0.2, 0.25) is 0 Å². The maximum absolute atomic E-state index is 12.3. The summed E-state index contributed by atoms with van der Waals surface area (Å²) in [5.74, 6) is 0.473. The van der Waals surface area contributed by atoms with Crippen LogP contribution >= 0.6 is 0 Å². The number of nitrogens with zero attached hydrogens (tertiary/aromatic N) is 1. The lowest BCUT2D eigenvalue weighted by Crippen LogP contribution is -2.35. The van der Waals surface area contributed by atoms with Crippen LogP contribution in [0.1, 0.15) is 30.6 Å². The Morgan fingerprint density at radius 2 is 2.17 bits per heavy atom. The van der Waals surface area contributed by atoms with E-state index in [1.54, 1.807) is 23.1 Å². The third-order valence-electron chi connectivity index (χ3n) is 2.60. The fourth-order valence-electron chi connectivity index (χ4n) is 1.82. The Kier molecular flexibility index (Phi) is 5.65. The molecule has 18 heavy (non-hydrogen) atoms. The van der Waals surface area contributed by atoms with E-state index >= 15 is 0 Å². The zero-order valence-corrected chi connectivity index (χ0v) is 11.1. The molecule has 0 heterocycles. The van der Waals surface area contributed by atoms with Crippen molar-refractivity contribution in [2.45, 2.75) is 20.3 Å². The van der Waals surface area contributed by atoms with Crippen molar-refractivity contribution < 1.29 is 9.90 Å². The lowest BCUT2D eigenvalue weighted by Gasteiger charge is -2.24. The van der Waals surface area contributed by atoms with Crippen molar-refractivity contribution in [2.24, 2.45) is 11.7 Å². The minimum atomic E-state index is -0.0481. The average molecular weight is 250 g/mol. The first-order valence-electron chi connectivity index (χ1n) is 6.33. The lowest BCUT2D eigenvalue weighted by atomic mass is 10.1. The molecule has 1 rings (SSSR count). The zero-order chi connectivity index (χ0) is 13.5. The molecule has 1 amide bonds. The molecule has 0 atom stereocenters. The van der Waals surface area contributed by atoms with E-state index in [1.807, 2.05) is 0 Å². The van der Waals surface area contributed by atoms with Gasteiger partial charge in [-0.1, -0.05) is 19.9 Å². The number of carbonyl (C=O) groups excluding carboxylic acids is 1. The van der Waals surface area contributed by atoms with Crippen LogP contribution in [-0.4, -0.2) is 35.5 Å². The van der Waals surface area contributed by atoms with Crippen molar-refractivity contribution in [3.63, 3.8) is 0 Å². The predicted molar refractivity (Wildman–Crippen MR) is 72.5 cm³/mol. The quantitative estimate of drug-likeness (QED) is 0.809. The monoisotopic (exact) mass is 250 g/mol. The van der Waals surface area contributed by atoms with Crippen molar-refractivity contribution >= 4 is 5.91 Å². The Bertz CT molecular complexity index is 391. The molecule has 0 radical (unpaired) electrons. The van der Waals surface area contributed by atoms with Crippen molar-refractivity contribution in [3.8, 4) is 5.75 Å². The van der Waals surface area contributed by atoms with Gasteiger partial charge in [0.25, 0.3) is 5.91 Å². The van der Waals surface area contributed by atoms with E-state index in [2.05, 4.69) is 13.8 Å². The Morgan fingerprint density at radius 1 is 1.44 bits per heavy atom. The van der Waals surface area contributed by atoms with Crippen LogP contribution in [0.4, 0.5) is 0 Å².